The van der Waals surface area contributed by atoms with Gasteiger partial charge in [-0.2, -0.15) is 0 Å². The fourth-order valence-electron chi connectivity index (χ4n) is 0.382. The first-order chi connectivity index (χ1) is 3.83. The molecule has 0 aliphatic rings. The summed E-state index contributed by atoms with van der Waals surface area (Å²) < 4.78 is 0.878. The third-order valence-electron chi connectivity index (χ3n) is 0.698. The van der Waals surface area contributed by atoms with Crippen molar-refractivity contribution < 1.29 is 0 Å². The molecule has 0 aliphatic heterocycles. The van der Waals surface area contributed by atoms with E-state index in [9.17, 15) is 0 Å². The van der Waals surface area contributed by atoms with Gasteiger partial charge in [0.05, 0.1) is 0 Å². The van der Waals surface area contributed by atoms with Gasteiger partial charge in [-0.15, -0.1) is 36.2 Å². The summed E-state index contributed by atoms with van der Waals surface area (Å²) >= 11 is 4.78. The summed E-state index contributed by atoms with van der Waals surface area (Å²) in [6.07, 6.45) is 0. The van der Waals surface area contributed by atoms with E-state index in [2.05, 4.69) is 20.9 Å². The van der Waals surface area contributed by atoms with Gasteiger partial charge in [0.15, 0.2) is 0 Å². The Morgan fingerprint density at radius 3 is 2.40 bits per heavy atom. The molecule has 1 heterocycles. The summed E-state index contributed by atoms with van der Waals surface area (Å²) in [6, 6.07) is 0. The number of thiazole rings is 1. The topological polar surface area (TPSA) is 38.9 Å². The van der Waals surface area contributed by atoms with Crippen LogP contribution in [0.4, 0.5) is 0 Å². The Morgan fingerprint density at radius 1 is 1.60 bits per heavy atom. The predicted octanol–water partition coefficient (Wildman–Crippen LogP) is 2.21. The van der Waals surface area contributed by atoms with E-state index < -0.39 is 0 Å². The lowest BCUT2D eigenvalue weighted by Crippen LogP contribution is -1.93. The highest BCUT2D eigenvalue weighted by atomic mass is 79.9. The second-order valence-corrected chi connectivity index (χ2v) is 3.02. The predicted molar refractivity (Wildman–Crippen MR) is 52.2 cm³/mol. The number of nitrogens with two attached hydrogens (primary N) is 1. The standard InChI is InChI=1S/C4H5BrN2S.2ClH/c5-3-2-8-4(1-6)7-3;;/h2H,1,6H2;2*1H. The number of rotatable bonds is 1. The number of halogens is 3. The number of hydrogen-bond donors (Lipinski definition) is 1. The Balaban J connectivity index is 0. The third-order valence-corrected chi connectivity index (χ3v) is 2.28. The van der Waals surface area contributed by atoms with Gasteiger partial charge in [-0.25, -0.2) is 4.98 Å². The van der Waals surface area contributed by atoms with Crippen LogP contribution in [0.2, 0.25) is 0 Å². The van der Waals surface area contributed by atoms with Crippen LogP contribution in [0.3, 0.4) is 0 Å². The van der Waals surface area contributed by atoms with Crippen LogP contribution in [-0.4, -0.2) is 4.98 Å². The van der Waals surface area contributed by atoms with Crippen molar-refractivity contribution in [1.29, 1.82) is 0 Å². The summed E-state index contributed by atoms with van der Waals surface area (Å²) in [5.41, 5.74) is 5.29. The van der Waals surface area contributed by atoms with E-state index in [1.165, 1.54) is 0 Å². The quantitative estimate of drug-likeness (QED) is 0.846. The molecule has 0 radical (unpaired) electrons. The van der Waals surface area contributed by atoms with Gasteiger partial charge < -0.3 is 5.73 Å². The van der Waals surface area contributed by atoms with E-state index in [1.807, 2.05) is 5.38 Å². The zero-order valence-electron chi connectivity index (χ0n) is 4.91. The third kappa shape index (κ3) is 3.73. The molecule has 2 nitrogen and oxygen atoms in total. The van der Waals surface area contributed by atoms with E-state index in [-0.39, 0.29) is 24.8 Å². The molecule has 0 amide bonds. The minimum Gasteiger partial charge on any atom is -0.325 e. The van der Waals surface area contributed by atoms with Gasteiger partial charge in [-0.1, -0.05) is 0 Å². The molecule has 0 aliphatic carbocycles. The SMILES string of the molecule is Cl.Cl.NCc1nc(Br)cs1. The first-order valence-electron chi connectivity index (χ1n) is 2.13. The smallest absolute Gasteiger partial charge is 0.117 e. The zero-order valence-corrected chi connectivity index (χ0v) is 8.95. The molecule has 0 aromatic carbocycles. The van der Waals surface area contributed by atoms with E-state index in [0.717, 1.165) is 9.61 Å². The molecule has 0 atom stereocenters. The molecule has 0 bridgehead atoms. The van der Waals surface area contributed by atoms with Crippen molar-refractivity contribution in [2.45, 2.75) is 6.54 Å². The lowest BCUT2D eigenvalue weighted by atomic mass is 10.7. The molecule has 1 aromatic heterocycles. The Hall–Kier alpha value is 0.650. The van der Waals surface area contributed by atoms with Crippen LogP contribution in [0.1, 0.15) is 5.01 Å². The fourth-order valence-corrected chi connectivity index (χ4v) is 1.53. The van der Waals surface area contributed by atoms with Crippen molar-refractivity contribution in [3.63, 3.8) is 0 Å². The van der Waals surface area contributed by atoms with Crippen molar-refractivity contribution in [2.24, 2.45) is 5.73 Å². The van der Waals surface area contributed by atoms with Gasteiger partial charge in [-0.3, -0.25) is 0 Å². The first kappa shape index (κ1) is 13.3. The van der Waals surface area contributed by atoms with Gasteiger partial charge in [0.1, 0.15) is 9.61 Å². The Morgan fingerprint density at radius 2 is 2.20 bits per heavy atom. The number of aromatic nitrogens is 1. The Bertz CT molecular complexity index is 182. The molecule has 1 rings (SSSR count). The van der Waals surface area contributed by atoms with Crippen LogP contribution < -0.4 is 5.73 Å². The zero-order chi connectivity index (χ0) is 5.98. The molecule has 10 heavy (non-hydrogen) atoms. The first-order valence-corrected chi connectivity index (χ1v) is 3.80. The molecular weight excluding hydrogens is 259 g/mol. The van der Waals surface area contributed by atoms with Crippen LogP contribution in [0.15, 0.2) is 9.98 Å². The van der Waals surface area contributed by atoms with E-state index in [4.69, 9.17) is 5.73 Å². The molecule has 1 aromatic rings. The average Bonchev–Trinajstić information content (AvgIpc) is 2.14. The molecule has 0 saturated carbocycles. The maximum absolute atomic E-state index is 5.29. The van der Waals surface area contributed by atoms with Crippen molar-refractivity contribution in [3.05, 3.63) is 15.0 Å². The summed E-state index contributed by atoms with van der Waals surface area (Å²) in [7, 11) is 0. The van der Waals surface area contributed by atoms with Crippen LogP contribution in [0, 0.1) is 0 Å². The summed E-state index contributed by atoms with van der Waals surface area (Å²) in [5.74, 6) is 0. The van der Waals surface area contributed by atoms with Crippen molar-refractivity contribution >= 4 is 52.1 Å². The van der Waals surface area contributed by atoms with E-state index >= 15 is 0 Å². The van der Waals surface area contributed by atoms with E-state index in [0.29, 0.717) is 6.54 Å². The van der Waals surface area contributed by atoms with Crippen molar-refractivity contribution in [1.82, 2.24) is 4.98 Å². The van der Waals surface area contributed by atoms with Crippen LogP contribution >= 0.6 is 52.1 Å². The summed E-state index contributed by atoms with van der Waals surface area (Å²) in [4.78, 5) is 4.04. The lowest BCUT2D eigenvalue weighted by molar-refractivity contribution is 1.03. The Kier molecular flexibility index (Phi) is 8.44. The largest absolute Gasteiger partial charge is 0.325 e. The average molecular weight is 266 g/mol. The van der Waals surface area contributed by atoms with Crippen molar-refractivity contribution in [3.8, 4) is 0 Å². The second kappa shape index (κ2) is 6.37. The molecule has 0 unspecified atom stereocenters. The lowest BCUT2D eigenvalue weighted by Gasteiger charge is -1.79. The highest BCUT2D eigenvalue weighted by Crippen LogP contribution is 2.13. The van der Waals surface area contributed by atoms with Gasteiger partial charge in [-0.05, 0) is 15.9 Å². The van der Waals surface area contributed by atoms with E-state index in [1.54, 1.807) is 11.3 Å². The molecule has 60 valence electrons. The van der Waals surface area contributed by atoms with Gasteiger partial charge in [0, 0.05) is 11.9 Å². The van der Waals surface area contributed by atoms with Gasteiger partial charge in [0.2, 0.25) is 0 Å². The minimum absolute atomic E-state index is 0. The van der Waals surface area contributed by atoms with Crippen LogP contribution in [-0.2, 0) is 6.54 Å². The highest BCUT2D eigenvalue weighted by molar-refractivity contribution is 9.10. The van der Waals surface area contributed by atoms with Crippen LogP contribution in [0.5, 0.6) is 0 Å². The highest BCUT2D eigenvalue weighted by Gasteiger charge is 1.93. The maximum Gasteiger partial charge on any atom is 0.117 e. The van der Waals surface area contributed by atoms with Gasteiger partial charge in [0.25, 0.3) is 0 Å². The number of hydrogen-bond acceptors (Lipinski definition) is 3. The maximum atomic E-state index is 5.29. The normalized spacial score (nSPS) is 7.80. The molecular formula is C4H7BrCl2N2S. The molecule has 6 heteroatoms. The van der Waals surface area contributed by atoms with Gasteiger partial charge >= 0.3 is 0 Å². The fraction of sp³-hybridized carbons (Fsp3) is 0.250. The summed E-state index contributed by atoms with van der Waals surface area (Å²) in [6.45, 7) is 0.538. The molecule has 2 N–H and O–H groups in total. The monoisotopic (exact) mass is 264 g/mol. The Labute approximate surface area is 84.2 Å². The molecule has 0 saturated heterocycles. The van der Waals surface area contributed by atoms with Crippen molar-refractivity contribution in [2.75, 3.05) is 0 Å². The second-order valence-electron chi connectivity index (χ2n) is 1.27. The molecule has 0 spiro atoms. The number of nitrogens with zero attached hydrogens (tertiary/aromatic N) is 1. The molecule has 0 fully saturated rings. The van der Waals surface area contributed by atoms with Crippen LogP contribution in [0.25, 0.3) is 0 Å². The summed E-state index contributed by atoms with van der Waals surface area (Å²) in [5, 5.41) is 2.89. The minimum atomic E-state index is 0.